The number of benzene rings is 1. The largest absolute Gasteiger partial charge is 0.469 e. The molecule has 0 saturated carbocycles. The van der Waals surface area contributed by atoms with Gasteiger partial charge in [-0.1, -0.05) is 0 Å². The molecule has 1 amide bonds. The van der Waals surface area contributed by atoms with Crippen molar-refractivity contribution in [2.24, 2.45) is 0 Å². The number of carbonyl (C=O) groups is 2. The molecule has 0 atom stereocenters. The van der Waals surface area contributed by atoms with E-state index in [9.17, 15) is 14.4 Å². The van der Waals surface area contributed by atoms with Crippen LogP contribution in [0.5, 0.6) is 0 Å². The van der Waals surface area contributed by atoms with Crippen molar-refractivity contribution in [3.63, 3.8) is 0 Å². The molecule has 0 bridgehead atoms. The van der Waals surface area contributed by atoms with Gasteiger partial charge in [0.05, 0.1) is 12.8 Å². The molecule has 0 radical (unpaired) electrons. The summed E-state index contributed by atoms with van der Waals surface area (Å²) < 4.78 is 4.57. The third kappa shape index (κ3) is 5.84. The Morgan fingerprint density at radius 2 is 1.70 bits per heavy atom. The van der Waals surface area contributed by atoms with E-state index in [0.717, 1.165) is 11.1 Å². The van der Waals surface area contributed by atoms with Crippen LogP contribution >= 0.6 is 0 Å². The molecule has 0 fully saturated rings. The van der Waals surface area contributed by atoms with E-state index in [2.05, 4.69) is 25.0 Å². The van der Waals surface area contributed by atoms with Crippen molar-refractivity contribution >= 4 is 17.6 Å². The van der Waals surface area contributed by atoms with Crippen molar-refractivity contribution in [1.82, 2.24) is 15.0 Å². The number of aromatic amines is 1. The number of hydrogen-bond acceptors (Lipinski definition) is 6. The van der Waals surface area contributed by atoms with Gasteiger partial charge in [-0.15, -0.1) is 0 Å². The van der Waals surface area contributed by atoms with Gasteiger partial charge in [-0.2, -0.15) is 0 Å². The highest BCUT2D eigenvalue weighted by atomic mass is 16.5. The van der Waals surface area contributed by atoms with Crippen LogP contribution in [0, 0.1) is 0 Å². The van der Waals surface area contributed by atoms with E-state index in [0.29, 0.717) is 42.9 Å². The molecular weight excluding hydrogens is 384 g/mol. The van der Waals surface area contributed by atoms with Crippen molar-refractivity contribution in [3.05, 3.63) is 65.2 Å². The number of nitrogens with one attached hydrogen (secondary N) is 2. The minimum Gasteiger partial charge on any atom is -0.469 e. The lowest BCUT2D eigenvalue weighted by Gasteiger charge is -2.08. The summed E-state index contributed by atoms with van der Waals surface area (Å²) in [5.41, 5.74) is 2.47. The average Bonchev–Trinajstić information content (AvgIpc) is 2.77. The second-order valence-corrected chi connectivity index (χ2v) is 6.62. The molecule has 3 rings (SSSR count). The molecule has 30 heavy (non-hydrogen) atoms. The van der Waals surface area contributed by atoms with Crippen LogP contribution in [-0.4, -0.2) is 33.9 Å². The van der Waals surface area contributed by atoms with Crippen LogP contribution in [0.3, 0.4) is 0 Å². The van der Waals surface area contributed by atoms with Crippen molar-refractivity contribution in [3.8, 4) is 22.6 Å². The van der Waals surface area contributed by atoms with E-state index < -0.39 is 0 Å². The number of H-pyrrole nitrogens is 1. The number of rotatable bonds is 8. The first kappa shape index (κ1) is 20.9. The lowest BCUT2D eigenvalue weighted by atomic mass is 10.1. The number of pyridine rings is 1. The number of unbranched alkanes of at least 4 members (excludes halogenated alkanes) is 1. The van der Waals surface area contributed by atoms with Crippen LogP contribution in [0.25, 0.3) is 22.6 Å². The van der Waals surface area contributed by atoms with Gasteiger partial charge in [0.15, 0.2) is 0 Å². The first-order valence-corrected chi connectivity index (χ1v) is 9.54. The van der Waals surface area contributed by atoms with Gasteiger partial charge >= 0.3 is 5.97 Å². The quantitative estimate of drug-likeness (QED) is 0.439. The summed E-state index contributed by atoms with van der Waals surface area (Å²) >= 11 is 0. The van der Waals surface area contributed by atoms with Gasteiger partial charge < -0.3 is 15.0 Å². The third-order valence-electron chi connectivity index (χ3n) is 4.42. The number of carbonyl (C=O) groups excluding carboxylic acids is 2. The summed E-state index contributed by atoms with van der Waals surface area (Å²) in [6, 6.07) is 12.1. The molecule has 0 aliphatic carbocycles. The number of anilines is 1. The smallest absolute Gasteiger partial charge is 0.305 e. The highest BCUT2D eigenvalue weighted by Crippen LogP contribution is 2.21. The molecular formula is C22H22N4O4. The molecule has 8 nitrogen and oxygen atoms in total. The molecule has 0 aliphatic heterocycles. The molecule has 0 spiro atoms. The number of methoxy groups -OCH3 is 1. The number of nitrogens with zero attached hydrogens (tertiary/aromatic N) is 2. The molecule has 2 heterocycles. The van der Waals surface area contributed by atoms with Crippen LogP contribution < -0.4 is 10.9 Å². The molecule has 154 valence electrons. The van der Waals surface area contributed by atoms with Gasteiger partial charge in [-0.05, 0) is 49.2 Å². The van der Waals surface area contributed by atoms with Gasteiger partial charge in [0.2, 0.25) is 5.91 Å². The molecule has 1 aromatic carbocycles. The van der Waals surface area contributed by atoms with Crippen molar-refractivity contribution in [2.45, 2.75) is 25.7 Å². The SMILES string of the molecule is COC(=O)CCCCC(=O)Nc1ccc(-c2nc(-c3ccncc3)cc(=O)[nH]2)cc1. The average molecular weight is 406 g/mol. The Bertz CT molecular complexity index is 1060. The van der Waals surface area contributed by atoms with Crippen molar-refractivity contribution in [2.75, 3.05) is 12.4 Å². The highest BCUT2D eigenvalue weighted by Gasteiger charge is 2.08. The Labute approximate surface area is 173 Å². The van der Waals surface area contributed by atoms with Crippen LogP contribution in [0.2, 0.25) is 0 Å². The van der Waals surface area contributed by atoms with Crippen LogP contribution in [0.15, 0.2) is 59.7 Å². The molecule has 3 aromatic rings. The first-order chi connectivity index (χ1) is 14.5. The van der Waals surface area contributed by atoms with Crippen LogP contribution in [0.1, 0.15) is 25.7 Å². The highest BCUT2D eigenvalue weighted by molar-refractivity contribution is 5.90. The van der Waals surface area contributed by atoms with Gasteiger partial charge in [0, 0.05) is 48.1 Å². The Morgan fingerprint density at radius 1 is 1.00 bits per heavy atom. The van der Waals surface area contributed by atoms with E-state index in [1.54, 1.807) is 48.8 Å². The predicted molar refractivity (Wildman–Crippen MR) is 113 cm³/mol. The lowest BCUT2D eigenvalue weighted by molar-refractivity contribution is -0.140. The van der Waals surface area contributed by atoms with Crippen LogP contribution in [0.4, 0.5) is 5.69 Å². The van der Waals surface area contributed by atoms with Crippen LogP contribution in [-0.2, 0) is 14.3 Å². The van der Waals surface area contributed by atoms with Crippen molar-refractivity contribution in [1.29, 1.82) is 0 Å². The van der Waals surface area contributed by atoms with Gasteiger partial charge in [-0.25, -0.2) is 4.98 Å². The number of esters is 1. The Balaban J connectivity index is 1.63. The minimum absolute atomic E-state index is 0.126. The summed E-state index contributed by atoms with van der Waals surface area (Å²) in [7, 11) is 1.35. The normalized spacial score (nSPS) is 10.4. The topological polar surface area (TPSA) is 114 Å². The molecule has 0 unspecified atom stereocenters. The number of ether oxygens (including phenoxy) is 1. The van der Waals surface area contributed by atoms with Gasteiger partial charge in [0.25, 0.3) is 5.56 Å². The second kappa shape index (κ2) is 10.1. The summed E-state index contributed by atoms with van der Waals surface area (Å²) in [6.45, 7) is 0. The summed E-state index contributed by atoms with van der Waals surface area (Å²) in [5.74, 6) is 0.0412. The Hall–Kier alpha value is -3.81. The molecule has 0 aliphatic rings. The molecule has 0 saturated heterocycles. The Morgan fingerprint density at radius 3 is 2.40 bits per heavy atom. The van der Waals surface area contributed by atoms with Gasteiger partial charge in [-0.3, -0.25) is 19.4 Å². The van der Waals surface area contributed by atoms with E-state index >= 15 is 0 Å². The van der Waals surface area contributed by atoms with E-state index in [1.807, 2.05) is 0 Å². The maximum Gasteiger partial charge on any atom is 0.305 e. The predicted octanol–water partition coefficient (Wildman–Crippen LogP) is 3.17. The fourth-order valence-electron chi connectivity index (χ4n) is 2.86. The monoisotopic (exact) mass is 406 g/mol. The number of amides is 1. The fourth-order valence-corrected chi connectivity index (χ4v) is 2.86. The second-order valence-electron chi connectivity index (χ2n) is 6.62. The maximum atomic E-state index is 12.1. The first-order valence-electron chi connectivity index (χ1n) is 9.54. The zero-order chi connectivity index (χ0) is 21.3. The summed E-state index contributed by atoms with van der Waals surface area (Å²) in [6.07, 6.45) is 5.12. The van der Waals surface area contributed by atoms with Gasteiger partial charge in [0.1, 0.15) is 5.82 Å². The molecule has 8 heteroatoms. The van der Waals surface area contributed by atoms with E-state index in [1.165, 1.54) is 13.2 Å². The van der Waals surface area contributed by atoms with Crippen molar-refractivity contribution < 1.29 is 14.3 Å². The van der Waals surface area contributed by atoms with E-state index in [-0.39, 0.29) is 17.4 Å². The third-order valence-corrected chi connectivity index (χ3v) is 4.42. The van der Waals surface area contributed by atoms with E-state index in [4.69, 9.17) is 0 Å². The molecule has 2 aromatic heterocycles. The standard InChI is InChI=1S/C22H22N4O4/c1-30-21(29)5-3-2-4-19(27)24-17-8-6-16(7-9-17)22-25-18(14-20(28)26-22)15-10-12-23-13-11-15/h6-14H,2-5H2,1H3,(H,24,27)(H,25,26,28). The number of aromatic nitrogens is 3. The number of hydrogen-bond donors (Lipinski definition) is 2. The maximum absolute atomic E-state index is 12.1. The zero-order valence-electron chi connectivity index (χ0n) is 16.6. The lowest BCUT2D eigenvalue weighted by Crippen LogP contribution is -2.11. The summed E-state index contributed by atoms with van der Waals surface area (Å²) in [4.78, 5) is 46.4. The minimum atomic E-state index is -0.273. The zero-order valence-corrected chi connectivity index (χ0v) is 16.6. The Kier molecular flexibility index (Phi) is 7.05. The molecule has 2 N–H and O–H groups in total. The summed E-state index contributed by atoms with van der Waals surface area (Å²) in [5, 5.41) is 2.82. The fraction of sp³-hybridized carbons (Fsp3) is 0.227.